The van der Waals surface area contributed by atoms with Gasteiger partial charge in [0.2, 0.25) is 5.76 Å². The molecule has 24 heavy (non-hydrogen) atoms. The number of hydrogen-bond acceptors (Lipinski definition) is 4. The van der Waals surface area contributed by atoms with Gasteiger partial charge < -0.3 is 14.1 Å². The molecule has 0 fully saturated rings. The number of likely N-dealkylation sites (N-methyl/N-ethyl adjacent to an activating group) is 1. The molecule has 0 saturated carbocycles. The summed E-state index contributed by atoms with van der Waals surface area (Å²) in [5, 5.41) is 0.810. The highest BCUT2D eigenvalue weighted by molar-refractivity contribution is 5.99. The molecule has 0 saturated heterocycles. The molecule has 0 radical (unpaired) electrons. The van der Waals surface area contributed by atoms with Gasteiger partial charge in [-0.2, -0.15) is 0 Å². The van der Waals surface area contributed by atoms with Gasteiger partial charge >= 0.3 is 5.97 Å². The fraction of sp³-hybridized carbons (Fsp3) is 0.158. The van der Waals surface area contributed by atoms with E-state index in [-0.39, 0.29) is 11.7 Å². The number of carbonyl (C=O) groups is 2. The van der Waals surface area contributed by atoms with Crippen LogP contribution in [0.15, 0.2) is 65.1 Å². The van der Waals surface area contributed by atoms with Crippen molar-refractivity contribution in [2.75, 3.05) is 11.9 Å². The Morgan fingerprint density at radius 3 is 2.42 bits per heavy atom. The van der Waals surface area contributed by atoms with E-state index in [1.807, 2.05) is 48.5 Å². The molecule has 122 valence electrons. The lowest BCUT2D eigenvalue weighted by atomic mass is 10.2. The van der Waals surface area contributed by atoms with Crippen molar-refractivity contribution in [1.29, 1.82) is 0 Å². The number of para-hydroxylation sites is 2. The molecule has 0 aliphatic heterocycles. The van der Waals surface area contributed by atoms with E-state index in [4.69, 9.17) is 9.15 Å². The molecule has 0 aliphatic rings. The summed E-state index contributed by atoms with van der Waals surface area (Å²) in [5.74, 6) is -0.891. The quantitative estimate of drug-likeness (QED) is 0.688. The molecule has 1 aromatic heterocycles. The summed E-state index contributed by atoms with van der Waals surface area (Å²) in [6.07, 6.45) is -0.920. The second kappa shape index (κ2) is 6.58. The van der Waals surface area contributed by atoms with Gasteiger partial charge in [0.25, 0.3) is 5.91 Å². The van der Waals surface area contributed by atoms with Gasteiger partial charge in [0.05, 0.1) is 0 Å². The van der Waals surface area contributed by atoms with Gasteiger partial charge in [-0.3, -0.25) is 4.79 Å². The van der Waals surface area contributed by atoms with Crippen LogP contribution in [-0.4, -0.2) is 25.0 Å². The Morgan fingerprint density at radius 1 is 1.04 bits per heavy atom. The molecule has 0 bridgehead atoms. The Bertz CT molecular complexity index is 836. The molecule has 2 aromatic carbocycles. The highest BCUT2D eigenvalue weighted by Gasteiger charge is 2.24. The fourth-order valence-corrected chi connectivity index (χ4v) is 2.40. The number of amides is 1. The third-order valence-corrected chi connectivity index (χ3v) is 3.73. The van der Waals surface area contributed by atoms with Gasteiger partial charge in [0, 0.05) is 18.1 Å². The molecule has 1 amide bonds. The van der Waals surface area contributed by atoms with Crippen LogP contribution >= 0.6 is 0 Å². The Kier molecular flexibility index (Phi) is 4.33. The summed E-state index contributed by atoms with van der Waals surface area (Å²) >= 11 is 0. The fourth-order valence-electron chi connectivity index (χ4n) is 2.40. The maximum absolute atomic E-state index is 12.4. The van der Waals surface area contributed by atoms with E-state index in [9.17, 15) is 9.59 Å². The minimum absolute atomic E-state index is 0.0817. The van der Waals surface area contributed by atoms with Gasteiger partial charge in [0.15, 0.2) is 6.10 Å². The van der Waals surface area contributed by atoms with Crippen LogP contribution in [0, 0.1) is 0 Å². The van der Waals surface area contributed by atoms with E-state index >= 15 is 0 Å². The lowest BCUT2D eigenvalue weighted by molar-refractivity contribution is -0.126. The van der Waals surface area contributed by atoms with Crippen LogP contribution in [-0.2, 0) is 9.53 Å². The third-order valence-electron chi connectivity index (χ3n) is 3.73. The maximum Gasteiger partial charge on any atom is 0.375 e. The second-order valence-corrected chi connectivity index (χ2v) is 5.43. The molecule has 0 unspecified atom stereocenters. The summed E-state index contributed by atoms with van der Waals surface area (Å²) in [5.41, 5.74) is 1.33. The van der Waals surface area contributed by atoms with Crippen molar-refractivity contribution in [2.45, 2.75) is 13.0 Å². The zero-order valence-electron chi connectivity index (χ0n) is 13.4. The van der Waals surface area contributed by atoms with Gasteiger partial charge in [-0.25, -0.2) is 4.79 Å². The van der Waals surface area contributed by atoms with E-state index in [0.29, 0.717) is 5.58 Å². The number of furan rings is 1. The van der Waals surface area contributed by atoms with Gasteiger partial charge in [0.1, 0.15) is 5.58 Å². The first-order chi connectivity index (χ1) is 11.6. The van der Waals surface area contributed by atoms with Crippen molar-refractivity contribution < 1.29 is 18.7 Å². The molecule has 0 spiro atoms. The standard InChI is InChI=1S/C19H17NO4/c1-13(18(21)20(2)15-9-4-3-5-10-15)23-19(22)17-12-14-8-6-7-11-16(14)24-17/h3-13H,1-2H3/t13-/m0/s1. The number of nitrogens with zero attached hydrogens (tertiary/aromatic N) is 1. The van der Waals surface area contributed by atoms with Crippen molar-refractivity contribution >= 4 is 28.5 Å². The monoisotopic (exact) mass is 323 g/mol. The Labute approximate surface area is 139 Å². The second-order valence-electron chi connectivity index (χ2n) is 5.43. The number of hydrogen-bond donors (Lipinski definition) is 0. The lowest BCUT2D eigenvalue weighted by Crippen LogP contribution is -2.37. The van der Waals surface area contributed by atoms with Crippen LogP contribution in [0.3, 0.4) is 0 Å². The highest BCUT2D eigenvalue weighted by Crippen LogP contribution is 2.20. The first kappa shape index (κ1) is 15.8. The molecule has 3 rings (SSSR count). The highest BCUT2D eigenvalue weighted by atomic mass is 16.6. The maximum atomic E-state index is 12.4. The van der Waals surface area contributed by atoms with Crippen LogP contribution in [0.4, 0.5) is 5.69 Å². The van der Waals surface area contributed by atoms with E-state index < -0.39 is 12.1 Å². The third kappa shape index (κ3) is 3.15. The molecular formula is C19H17NO4. The van der Waals surface area contributed by atoms with Crippen LogP contribution in [0.1, 0.15) is 17.5 Å². The van der Waals surface area contributed by atoms with E-state index in [1.165, 1.54) is 4.90 Å². The molecule has 0 N–H and O–H groups in total. The summed E-state index contributed by atoms with van der Waals surface area (Å²) < 4.78 is 10.7. The van der Waals surface area contributed by atoms with Crippen molar-refractivity contribution in [3.8, 4) is 0 Å². The van der Waals surface area contributed by atoms with Crippen LogP contribution in [0.25, 0.3) is 11.0 Å². The van der Waals surface area contributed by atoms with Crippen LogP contribution in [0.2, 0.25) is 0 Å². The Morgan fingerprint density at radius 2 is 1.71 bits per heavy atom. The zero-order valence-corrected chi connectivity index (χ0v) is 13.4. The van der Waals surface area contributed by atoms with E-state index in [2.05, 4.69) is 0 Å². The Hall–Kier alpha value is -3.08. The van der Waals surface area contributed by atoms with Gasteiger partial charge in [-0.05, 0) is 31.2 Å². The molecule has 0 aliphatic carbocycles. The number of ether oxygens (including phenoxy) is 1. The number of carbonyl (C=O) groups excluding carboxylic acids is 2. The molecule has 5 nitrogen and oxygen atoms in total. The molecule has 1 heterocycles. The molecule has 5 heteroatoms. The van der Waals surface area contributed by atoms with Crippen molar-refractivity contribution in [1.82, 2.24) is 0 Å². The zero-order chi connectivity index (χ0) is 17.1. The number of rotatable bonds is 4. The minimum atomic E-state index is -0.920. The topological polar surface area (TPSA) is 59.8 Å². The average Bonchev–Trinajstić information content (AvgIpc) is 3.05. The number of anilines is 1. The number of fused-ring (bicyclic) bond motifs is 1. The van der Waals surface area contributed by atoms with E-state index in [0.717, 1.165) is 11.1 Å². The van der Waals surface area contributed by atoms with E-state index in [1.54, 1.807) is 26.1 Å². The molecule has 1 atom stereocenters. The van der Waals surface area contributed by atoms with Crippen molar-refractivity contribution in [2.24, 2.45) is 0 Å². The van der Waals surface area contributed by atoms with Crippen molar-refractivity contribution in [3.63, 3.8) is 0 Å². The van der Waals surface area contributed by atoms with Gasteiger partial charge in [-0.1, -0.05) is 36.4 Å². The summed E-state index contributed by atoms with van der Waals surface area (Å²) in [6, 6.07) is 18.1. The lowest BCUT2D eigenvalue weighted by Gasteiger charge is -2.21. The Balaban J connectivity index is 1.70. The van der Waals surface area contributed by atoms with Crippen LogP contribution < -0.4 is 4.90 Å². The first-order valence-corrected chi connectivity index (χ1v) is 7.58. The minimum Gasteiger partial charge on any atom is -0.449 e. The summed E-state index contributed by atoms with van der Waals surface area (Å²) in [7, 11) is 1.64. The smallest absolute Gasteiger partial charge is 0.375 e. The molecular weight excluding hydrogens is 306 g/mol. The summed E-state index contributed by atoms with van der Waals surface area (Å²) in [6.45, 7) is 1.54. The van der Waals surface area contributed by atoms with Gasteiger partial charge in [-0.15, -0.1) is 0 Å². The largest absolute Gasteiger partial charge is 0.449 e. The number of esters is 1. The predicted molar refractivity (Wildman–Crippen MR) is 90.9 cm³/mol. The first-order valence-electron chi connectivity index (χ1n) is 7.58. The SMILES string of the molecule is C[C@H](OC(=O)c1cc2ccccc2o1)C(=O)N(C)c1ccccc1. The van der Waals surface area contributed by atoms with Crippen molar-refractivity contribution in [3.05, 3.63) is 66.4 Å². The van der Waals surface area contributed by atoms with Crippen LogP contribution in [0.5, 0.6) is 0 Å². The normalized spacial score (nSPS) is 11.9. The average molecular weight is 323 g/mol. The number of benzene rings is 2. The predicted octanol–water partition coefficient (Wildman–Crippen LogP) is 3.64. The summed E-state index contributed by atoms with van der Waals surface area (Å²) in [4.78, 5) is 26.1. The molecule has 3 aromatic rings.